The number of hydrogen-bond acceptors (Lipinski definition) is 4. The van der Waals surface area contributed by atoms with Gasteiger partial charge in [0.15, 0.2) is 0 Å². The van der Waals surface area contributed by atoms with E-state index in [4.69, 9.17) is 4.74 Å². The summed E-state index contributed by atoms with van der Waals surface area (Å²) in [5.41, 5.74) is 1.43. The van der Waals surface area contributed by atoms with E-state index < -0.39 is 0 Å². The highest BCUT2D eigenvalue weighted by atomic mass is 16.5. The van der Waals surface area contributed by atoms with Crippen LogP contribution in [0.2, 0.25) is 0 Å². The summed E-state index contributed by atoms with van der Waals surface area (Å²) in [5.74, 6) is 0.486. The second-order valence-corrected chi connectivity index (χ2v) is 4.36. The number of nitrogens with one attached hydrogen (secondary N) is 3. The third-order valence-corrected chi connectivity index (χ3v) is 3.05. The standard InChI is InChI=1S/C13H12N4O3/c1-20-11-5-7(2-3-14-11)4-8-12-9(6-10(18)15-8)16-17-13(12)19/h2-3,5-6H,4H2,1H3,(H,15,18)(H2,16,17,19). The highest BCUT2D eigenvalue weighted by molar-refractivity contribution is 5.80. The Hall–Kier alpha value is -2.83. The van der Waals surface area contributed by atoms with Crippen LogP contribution in [0.5, 0.6) is 5.88 Å². The van der Waals surface area contributed by atoms with Crippen molar-refractivity contribution in [2.75, 3.05) is 7.11 Å². The molecule has 0 aromatic carbocycles. The predicted octanol–water partition coefficient (Wildman–Crippen LogP) is 0.539. The molecule has 0 bridgehead atoms. The van der Waals surface area contributed by atoms with Gasteiger partial charge in [0.2, 0.25) is 11.4 Å². The van der Waals surface area contributed by atoms with Gasteiger partial charge in [-0.15, -0.1) is 0 Å². The minimum atomic E-state index is -0.260. The van der Waals surface area contributed by atoms with E-state index in [-0.39, 0.29) is 11.1 Å². The number of pyridine rings is 2. The molecule has 3 heterocycles. The first kappa shape index (κ1) is 12.2. The van der Waals surface area contributed by atoms with E-state index in [1.165, 1.54) is 13.2 Å². The number of aromatic nitrogens is 4. The normalized spacial score (nSPS) is 10.8. The van der Waals surface area contributed by atoms with Gasteiger partial charge in [0.1, 0.15) is 0 Å². The lowest BCUT2D eigenvalue weighted by Crippen LogP contribution is -2.11. The Morgan fingerprint density at radius 2 is 2.10 bits per heavy atom. The van der Waals surface area contributed by atoms with E-state index in [0.717, 1.165) is 5.56 Å². The predicted molar refractivity (Wildman–Crippen MR) is 73.1 cm³/mol. The minimum absolute atomic E-state index is 0.257. The van der Waals surface area contributed by atoms with Crippen LogP contribution >= 0.6 is 0 Å². The third kappa shape index (κ3) is 2.09. The van der Waals surface area contributed by atoms with Crippen molar-refractivity contribution in [3.8, 4) is 5.88 Å². The Bertz CT molecular complexity index is 875. The van der Waals surface area contributed by atoms with Crippen LogP contribution in [-0.4, -0.2) is 27.3 Å². The first-order valence-corrected chi connectivity index (χ1v) is 5.99. The van der Waals surface area contributed by atoms with Crippen molar-refractivity contribution in [2.24, 2.45) is 0 Å². The number of ether oxygens (including phenoxy) is 1. The molecule has 0 aliphatic heterocycles. The average Bonchev–Trinajstić information content (AvgIpc) is 2.80. The zero-order valence-corrected chi connectivity index (χ0v) is 10.7. The Kier molecular flexibility index (Phi) is 2.86. The zero-order chi connectivity index (χ0) is 14.1. The van der Waals surface area contributed by atoms with Gasteiger partial charge in [-0.2, -0.15) is 0 Å². The Morgan fingerprint density at radius 1 is 1.25 bits per heavy atom. The second-order valence-electron chi connectivity index (χ2n) is 4.36. The summed E-state index contributed by atoms with van der Waals surface area (Å²) in [7, 11) is 1.53. The van der Waals surface area contributed by atoms with Crippen LogP contribution < -0.4 is 15.9 Å². The monoisotopic (exact) mass is 272 g/mol. The lowest BCUT2D eigenvalue weighted by atomic mass is 10.1. The number of fused-ring (bicyclic) bond motifs is 1. The molecule has 0 aliphatic rings. The van der Waals surface area contributed by atoms with E-state index >= 15 is 0 Å². The molecule has 0 radical (unpaired) electrons. The molecule has 3 aromatic rings. The van der Waals surface area contributed by atoms with Gasteiger partial charge in [-0.05, 0) is 11.6 Å². The summed E-state index contributed by atoms with van der Waals surface area (Å²) in [4.78, 5) is 30.1. The maximum Gasteiger partial charge on any atom is 0.273 e. The third-order valence-electron chi connectivity index (χ3n) is 3.05. The number of aromatic amines is 3. The fourth-order valence-electron chi connectivity index (χ4n) is 2.17. The number of H-pyrrole nitrogens is 3. The van der Waals surface area contributed by atoms with Crippen LogP contribution in [0, 0.1) is 0 Å². The number of nitrogens with zero attached hydrogens (tertiary/aromatic N) is 1. The first-order chi connectivity index (χ1) is 9.67. The summed E-state index contributed by atoms with van der Waals surface area (Å²) in [6.45, 7) is 0. The molecule has 7 nitrogen and oxygen atoms in total. The zero-order valence-electron chi connectivity index (χ0n) is 10.7. The van der Waals surface area contributed by atoms with Gasteiger partial charge in [0.05, 0.1) is 18.0 Å². The molecule has 0 spiro atoms. The maximum absolute atomic E-state index is 11.8. The second kappa shape index (κ2) is 4.69. The molecule has 3 aromatic heterocycles. The summed E-state index contributed by atoms with van der Waals surface area (Å²) in [6.07, 6.45) is 2.03. The molecule has 102 valence electrons. The molecule has 7 heteroatoms. The summed E-state index contributed by atoms with van der Waals surface area (Å²) < 4.78 is 5.06. The first-order valence-electron chi connectivity index (χ1n) is 5.99. The molecule has 20 heavy (non-hydrogen) atoms. The molecule has 0 saturated carbocycles. The molecule has 0 atom stereocenters. The smallest absolute Gasteiger partial charge is 0.273 e. The number of rotatable bonds is 3. The Labute approximate surface area is 112 Å². The number of methoxy groups -OCH3 is 1. The highest BCUT2D eigenvalue weighted by Gasteiger charge is 2.10. The summed E-state index contributed by atoms with van der Waals surface area (Å²) in [5, 5.41) is 5.62. The summed E-state index contributed by atoms with van der Waals surface area (Å²) in [6, 6.07) is 4.92. The number of hydrogen-bond donors (Lipinski definition) is 3. The van der Waals surface area contributed by atoms with E-state index in [9.17, 15) is 9.59 Å². The van der Waals surface area contributed by atoms with Gasteiger partial charge in [-0.25, -0.2) is 4.98 Å². The maximum atomic E-state index is 11.8. The molecule has 3 rings (SSSR count). The molecular formula is C13H12N4O3. The van der Waals surface area contributed by atoms with Gasteiger partial charge >= 0.3 is 0 Å². The van der Waals surface area contributed by atoms with Crippen molar-refractivity contribution in [2.45, 2.75) is 6.42 Å². The average molecular weight is 272 g/mol. The molecule has 3 N–H and O–H groups in total. The van der Waals surface area contributed by atoms with Crippen molar-refractivity contribution in [3.05, 3.63) is 56.4 Å². The lowest BCUT2D eigenvalue weighted by Gasteiger charge is -2.04. The highest BCUT2D eigenvalue weighted by Crippen LogP contribution is 2.15. The molecule has 0 fully saturated rings. The molecule has 0 amide bonds. The summed E-state index contributed by atoms with van der Waals surface area (Å²) >= 11 is 0. The van der Waals surface area contributed by atoms with Crippen LogP contribution in [0.25, 0.3) is 10.9 Å². The van der Waals surface area contributed by atoms with Crippen molar-refractivity contribution < 1.29 is 4.74 Å². The van der Waals surface area contributed by atoms with Gasteiger partial charge in [0.25, 0.3) is 5.56 Å². The van der Waals surface area contributed by atoms with Crippen molar-refractivity contribution in [1.29, 1.82) is 0 Å². The fraction of sp³-hybridized carbons (Fsp3) is 0.154. The topological polar surface area (TPSA) is 104 Å². The molecule has 0 unspecified atom stereocenters. The van der Waals surface area contributed by atoms with Crippen molar-refractivity contribution in [3.63, 3.8) is 0 Å². The van der Waals surface area contributed by atoms with Crippen LogP contribution in [0.15, 0.2) is 34.0 Å². The van der Waals surface area contributed by atoms with E-state index in [0.29, 0.717) is 28.9 Å². The van der Waals surface area contributed by atoms with Gasteiger partial charge in [-0.1, -0.05) is 0 Å². The van der Waals surface area contributed by atoms with Gasteiger partial charge in [0, 0.05) is 30.4 Å². The van der Waals surface area contributed by atoms with Crippen LogP contribution in [-0.2, 0) is 6.42 Å². The Balaban J connectivity index is 2.12. The van der Waals surface area contributed by atoms with E-state index in [2.05, 4.69) is 20.2 Å². The minimum Gasteiger partial charge on any atom is -0.481 e. The molecule has 0 aliphatic carbocycles. The van der Waals surface area contributed by atoms with Gasteiger partial charge < -0.3 is 9.72 Å². The quantitative estimate of drug-likeness (QED) is 0.647. The van der Waals surface area contributed by atoms with Gasteiger partial charge in [-0.3, -0.25) is 19.8 Å². The Morgan fingerprint density at radius 3 is 2.90 bits per heavy atom. The van der Waals surface area contributed by atoms with E-state index in [1.807, 2.05) is 0 Å². The van der Waals surface area contributed by atoms with Crippen LogP contribution in [0.1, 0.15) is 11.3 Å². The lowest BCUT2D eigenvalue weighted by molar-refractivity contribution is 0.397. The fourth-order valence-corrected chi connectivity index (χ4v) is 2.17. The largest absolute Gasteiger partial charge is 0.481 e. The van der Waals surface area contributed by atoms with Crippen molar-refractivity contribution in [1.82, 2.24) is 20.2 Å². The molecule has 0 saturated heterocycles. The van der Waals surface area contributed by atoms with Crippen LogP contribution in [0.4, 0.5) is 0 Å². The SMILES string of the molecule is COc1cc(Cc2[nH]c(=O)cc3[nH][nH]c(=O)c23)ccn1. The van der Waals surface area contributed by atoms with Crippen LogP contribution in [0.3, 0.4) is 0 Å². The van der Waals surface area contributed by atoms with E-state index in [1.54, 1.807) is 18.3 Å². The molecular weight excluding hydrogens is 260 g/mol. The van der Waals surface area contributed by atoms with Crippen molar-refractivity contribution >= 4 is 10.9 Å².